The molecular weight excluding hydrogens is 462 g/mol. The number of amides is 2. The molecule has 1 aromatic carbocycles. The fourth-order valence-electron chi connectivity index (χ4n) is 2.37. The molecule has 2 amide bonds. The van der Waals surface area contributed by atoms with Crippen molar-refractivity contribution in [1.82, 2.24) is 10.6 Å². The summed E-state index contributed by atoms with van der Waals surface area (Å²) in [5.41, 5.74) is -0.0234. The number of carbonyl (C=O) groups excluding carboxylic acids is 2. The zero-order chi connectivity index (χ0) is 22.4. The number of furan rings is 1. The lowest BCUT2D eigenvalue weighted by Gasteiger charge is -2.19. The number of rotatable bonds is 8. The minimum atomic E-state index is -1.23. The Morgan fingerprint density at radius 2 is 1.80 bits per heavy atom. The molecule has 0 bridgehead atoms. The van der Waals surface area contributed by atoms with E-state index in [0.29, 0.717) is 10.2 Å². The van der Waals surface area contributed by atoms with Crippen molar-refractivity contribution in [3.63, 3.8) is 0 Å². The molecule has 1 heterocycles. The summed E-state index contributed by atoms with van der Waals surface area (Å²) in [5.74, 6) is -3.30. The molecule has 158 valence electrons. The lowest BCUT2D eigenvalue weighted by Crippen LogP contribution is -2.47. The number of hydrogen-bond donors (Lipinski definition) is 3. The van der Waals surface area contributed by atoms with Crippen molar-refractivity contribution in [2.45, 2.75) is 19.9 Å². The fraction of sp³-hybridized carbons (Fsp3) is 0.211. The largest absolute Gasteiger partial charge is 0.480 e. The first-order chi connectivity index (χ1) is 14.1. The van der Waals surface area contributed by atoms with E-state index in [-0.39, 0.29) is 17.1 Å². The van der Waals surface area contributed by atoms with Crippen molar-refractivity contribution in [3.8, 4) is 0 Å². The summed E-state index contributed by atoms with van der Waals surface area (Å²) in [4.78, 5) is 46.7. The molecule has 0 saturated carbocycles. The Bertz CT molecular complexity index is 996. The van der Waals surface area contributed by atoms with Gasteiger partial charge in [0.25, 0.3) is 17.5 Å². The van der Waals surface area contributed by atoms with Crippen LogP contribution in [0.15, 0.2) is 51.2 Å². The summed E-state index contributed by atoms with van der Waals surface area (Å²) in [7, 11) is 0. The second kappa shape index (κ2) is 9.83. The molecule has 1 atom stereocenters. The highest BCUT2D eigenvalue weighted by Crippen LogP contribution is 2.16. The average molecular weight is 480 g/mol. The number of carbonyl (C=O) groups is 3. The fourth-order valence-corrected chi connectivity index (χ4v) is 2.68. The third kappa shape index (κ3) is 6.01. The van der Waals surface area contributed by atoms with Crippen LogP contribution in [0.25, 0.3) is 6.08 Å². The maximum Gasteiger partial charge on any atom is 0.326 e. The van der Waals surface area contributed by atoms with E-state index in [0.717, 1.165) is 0 Å². The molecule has 1 unspecified atom stereocenters. The van der Waals surface area contributed by atoms with Crippen molar-refractivity contribution < 1.29 is 28.8 Å². The van der Waals surface area contributed by atoms with Crippen LogP contribution in [-0.4, -0.2) is 33.9 Å². The molecule has 11 heteroatoms. The van der Waals surface area contributed by atoms with Gasteiger partial charge in [0.05, 0.1) is 4.92 Å². The van der Waals surface area contributed by atoms with Crippen molar-refractivity contribution in [2.24, 2.45) is 5.92 Å². The van der Waals surface area contributed by atoms with Gasteiger partial charge in [0.15, 0.2) is 10.4 Å². The highest BCUT2D eigenvalue weighted by Gasteiger charge is 2.26. The molecule has 2 rings (SSSR count). The minimum Gasteiger partial charge on any atom is -0.480 e. The first-order valence-corrected chi connectivity index (χ1v) is 9.44. The normalized spacial score (nSPS) is 12.3. The van der Waals surface area contributed by atoms with Crippen LogP contribution in [0.4, 0.5) is 5.69 Å². The van der Waals surface area contributed by atoms with Crippen molar-refractivity contribution in [1.29, 1.82) is 0 Å². The number of hydrogen-bond acceptors (Lipinski definition) is 6. The first-order valence-electron chi connectivity index (χ1n) is 8.65. The summed E-state index contributed by atoms with van der Waals surface area (Å²) in [6, 6.07) is 6.94. The predicted molar refractivity (Wildman–Crippen MR) is 109 cm³/mol. The Balaban J connectivity index is 2.35. The summed E-state index contributed by atoms with van der Waals surface area (Å²) < 4.78 is 5.46. The SMILES string of the molecule is CC(C)C(NC(=O)/C(=C\c1ccc([N+](=O)[O-])cc1)NC(=O)c1ccc(Br)o1)C(=O)O. The van der Waals surface area contributed by atoms with Crippen LogP contribution in [0.2, 0.25) is 0 Å². The molecule has 0 fully saturated rings. The van der Waals surface area contributed by atoms with Crippen LogP contribution >= 0.6 is 15.9 Å². The minimum absolute atomic E-state index is 0.0806. The molecular formula is C19H18BrN3O7. The van der Waals surface area contributed by atoms with Crippen molar-refractivity contribution in [3.05, 3.63) is 68.2 Å². The zero-order valence-corrected chi connectivity index (χ0v) is 17.5. The van der Waals surface area contributed by atoms with Gasteiger partial charge in [0.2, 0.25) is 0 Å². The van der Waals surface area contributed by atoms with E-state index < -0.39 is 34.7 Å². The van der Waals surface area contributed by atoms with Gasteiger partial charge in [-0.1, -0.05) is 13.8 Å². The van der Waals surface area contributed by atoms with Crippen LogP contribution in [0, 0.1) is 16.0 Å². The quantitative estimate of drug-likeness (QED) is 0.298. The van der Waals surface area contributed by atoms with Crippen molar-refractivity contribution in [2.75, 3.05) is 0 Å². The Kier molecular flexibility index (Phi) is 7.48. The number of nitro groups is 1. The monoisotopic (exact) mass is 479 g/mol. The van der Waals surface area contributed by atoms with E-state index in [4.69, 9.17) is 4.42 Å². The van der Waals surface area contributed by atoms with E-state index >= 15 is 0 Å². The highest BCUT2D eigenvalue weighted by molar-refractivity contribution is 9.10. The molecule has 0 radical (unpaired) electrons. The summed E-state index contributed by atoms with van der Waals surface area (Å²) in [6.07, 6.45) is 1.27. The smallest absolute Gasteiger partial charge is 0.326 e. The van der Waals surface area contributed by atoms with Crippen LogP contribution in [0.1, 0.15) is 30.0 Å². The van der Waals surface area contributed by atoms with Crippen LogP contribution in [0.3, 0.4) is 0 Å². The molecule has 10 nitrogen and oxygen atoms in total. The Hall–Kier alpha value is -3.47. The van der Waals surface area contributed by atoms with Gasteiger partial charge in [-0.15, -0.1) is 0 Å². The third-order valence-corrected chi connectivity index (χ3v) is 4.35. The molecule has 0 spiro atoms. The third-order valence-electron chi connectivity index (χ3n) is 3.92. The molecule has 0 aliphatic heterocycles. The summed E-state index contributed by atoms with van der Waals surface area (Å²) in [6.45, 7) is 3.25. The number of benzene rings is 1. The van der Waals surface area contributed by atoms with Gasteiger partial charge in [-0.3, -0.25) is 19.7 Å². The van der Waals surface area contributed by atoms with Crippen molar-refractivity contribution >= 4 is 45.5 Å². The maximum absolute atomic E-state index is 12.7. The number of nitrogens with one attached hydrogen (secondary N) is 2. The van der Waals surface area contributed by atoms with Gasteiger partial charge < -0.3 is 20.2 Å². The molecule has 1 aromatic heterocycles. The Morgan fingerprint density at radius 3 is 2.27 bits per heavy atom. The number of aliphatic carboxylic acids is 1. The number of halogens is 1. The lowest BCUT2D eigenvalue weighted by atomic mass is 10.0. The van der Waals surface area contributed by atoms with E-state index in [1.165, 1.54) is 42.5 Å². The highest BCUT2D eigenvalue weighted by atomic mass is 79.9. The maximum atomic E-state index is 12.7. The summed E-state index contributed by atoms with van der Waals surface area (Å²) in [5, 5.41) is 24.8. The molecule has 0 saturated heterocycles. The zero-order valence-electron chi connectivity index (χ0n) is 15.9. The summed E-state index contributed by atoms with van der Waals surface area (Å²) >= 11 is 3.07. The second-order valence-electron chi connectivity index (χ2n) is 6.50. The van der Waals surface area contributed by atoms with Gasteiger partial charge in [-0.25, -0.2) is 4.79 Å². The standard InChI is InChI=1S/C19H18BrN3O7/c1-10(2)16(19(26)27)22-17(24)13(21-18(25)14-7-8-15(20)30-14)9-11-3-5-12(6-4-11)23(28)29/h3-10,16H,1-2H3,(H,21,25)(H,22,24)(H,26,27)/b13-9+. The number of carboxylic acids is 1. The number of nitrogens with zero attached hydrogens (tertiary/aromatic N) is 1. The van der Waals surface area contributed by atoms with E-state index in [1.54, 1.807) is 13.8 Å². The molecule has 30 heavy (non-hydrogen) atoms. The molecule has 2 aromatic rings. The first kappa shape index (κ1) is 22.8. The van der Waals surface area contributed by atoms with Gasteiger partial charge in [0, 0.05) is 12.1 Å². The topological polar surface area (TPSA) is 152 Å². The number of nitro benzene ring substituents is 1. The molecule has 0 aliphatic carbocycles. The Morgan fingerprint density at radius 1 is 1.17 bits per heavy atom. The number of non-ortho nitro benzene ring substituents is 1. The van der Waals surface area contributed by atoms with Gasteiger partial charge in [-0.2, -0.15) is 0 Å². The van der Waals surface area contributed by atoms with E-state index in [2.05, 4.69) is 26.6 Å². The second-order valence-corrected chi connectivity index (χ2v) is 7.28. The molecule has 0 aliphatic rings. The van der Waals surface area contributed by atoms with Crippen LogP contribution in [-0.2, 0) is 9.59 Å². The average Bonchev–Trinajstić information content (AvgIpc) is 3.11. The predicted octanol–water partition coefficient (Wildman–Crippen LogP) is 2.95. The van der Waals surface area contributed by atoms with Gasteiger partial charge >= 0.3 is 5.97 Å². The van der Waals surface area contributed by atoms with Crippen LogP contribution in [0.5, 0.6) is 0 Å². The van der Waals surface area contributed by atoms with E-state index in [1.807, 2.05) is 0 Å². The van der Waals surface area contributed by atoms with Gasteiger partial charge in [-0.05, 0) is 57.8 Å². The number of carboxylic acid groups (broad SMARTS) is 1. The molecule has 3 N–H and O–H groups in total. The lowest BCUT2D eigenvalue weighted by molar-refractivity contribution is -0.384. The van der Waals surface area contributed by atoms with E-state index in [9.17, 15) is 29.6 Å². The van der Waals surface area contributed by atoms with Gasteiger partial charge in [0.1, 0.15) is 11.7 Å². The van der Waals surface area contributed by atoms with Crippen LogP contribution < -0.4 is 10.6 Å². The Labute approximate surface area is 179 Å².